The number of nitrogens with zero attached hydrogens (tertiary/aromatic N) is 1. The Hall–Kier alpha value is -2.93. The van der Waals surface area contributed by atoms with Crippen LogP contribution in [0.15, 0.2) is 72.8 Å². The first kappa shape index (κ1) is 20.4. The number of pyridine rings is 1. The SMILES string of the molecule is C/C=C\c1ccccc1/C=C(\C)c1cc(C)nc(-c2ccccc2)c1.CC. The summed E-state index contributed by atoms with van der Waals surface area (Å²) in [6, 6.07) is 23.1. The molecule has 138 valence electrons. The molecule has 0 aliphatic heterocycles. The van der Waals surface area contributed by atoms with Crippen molar-refractivity contribution < 1.29 is 0 Å². The number of aromatic nitrogens is 1. The molecular weight excluding hydrogens is 326 g/mol. The van der Waals surface area contributed by atoms with E-state index in [1.54, 1.807) is 0 Å². The van der Waals surface area contributed by atoms with Gasteiger partial charge in [0.25, 0.3) is 0 Å². The molecule has 0 bridgehead atoms. The lowest BCUT2D eigenvalue weighted by Crippen LogP contribution is -1.91. The normalized spacial score (nSPS) is 11.2. The number of hydrogen-bond donors (Lipinski definition) is 0. The zero-order chi connectivity index (χ0) is 19.6. The van der Waals surface area contributed by atoms with Gasteiger partial charge in [0, 0.05) is 11.3 Å². The fourth-order valence-electron chi connectivity index (χ4n) is 2.94. The zero-order valence-electron chi connectivity index (χ0n) is 17.0. The Morgan fingerprint density at radius 2 is 1.48 bits per heavy atom. The van der Waals surface area contributed by atoms with Crippen LogP contribution < -0.4 is 0 Å². The minimum Gasteiger partial charge on any atom is -0.253 e. The van der Waals surface area contributed by atoms with E-state index in [0.29, 0.717) is 0 Å². The van der Waals surface area contributed by atoms with E-state index < -0.39 is 0 Å². The van der Waals surface area contributed by atoms with Gasteiger partial charge in [-0.3, -0.25) is 4.98 Å². The highest BCUT2D eigenvalue weighted by Gasteiger charge is 2.05. The molecule has 3 aromatic rings. The van der Waals surface area contributed by atoms with Crippen LogP contribution in [0.1, 0.15) is 50.1 Å². The first-order valence-corrected chi connectivity index (χ1v) is 9.62. The van der Waals surface area contributed by atoms with Crippen molar-refractivity contribution in [2.24, 2.45) is 0 Å². The molecule has 27 heavy (non-hydrogen) atoms. The zero-order valence-corrected chi connectivity index (χ0v) is 17.0. The van der Waals surface area contributed by atoms with Gasteiger partial charge >= 0.3 is 0 Å². The Balaban J connectivity index is 0.00000126. The van der Waals surface area contributed by atoms with Gasteiger partial charge in [-0.05, 0) is 55.2 Å². The molecule has 0 fully saturated rings. The summed E-state index contributed by atoms with van der Waals surface area (Å²) in [5.41, 5.74) is 8.11. The van der Waals surface area contributed by atoms with E-state index in [1.165, 1.54) is 22.3 Å². The van der Waals surface area contributed by atoms with Gasteiger partial charge in [-0.2, -0.15) is 0 Å². The van der Waals surface area contributed by atoms with Crippen LogP contribution in [0.4, 0.5) is 0 Å². The maximum Gasteiger partial charge on any atom is 0.0711 e. The predicted octanol–water partition coefficient (Wildman–Crippen LogP) is 7.68. The van der Waals surface area contributed by atoms with E-state index in [0.717, 1.165) is 17.0 Å². The molecular formula is C26H29N. The van der Waals surface area contributed by atoms with Crippen molar-refractivity contribution in [1.82, 2.24) is 4.98 Å². The van der Waals surface area contributed by atoms with Gasteiger partial charge in [0.1, 0.15) is 0 Å². The molecule has 0 saturated carbocycles. The third-order valence-electron chi connectivity index (χ3n) is 4.19. The summed E-state index contributed by atoms with van der Waals surface area (Å²) in [5.74, 6) is 0. The highest BCUT2D eigenvalue weighted by molar-refractivity contribution is 5.84. The van der Waals surface area contributed by atoms with Gasteiger partial charge in [-0.25, -0.2) is 0 Å². The molecule has 0 radical (unpaired) electrons. The van der Waals surface area contributed by atoms with Gasteiger partial charge in [0.05, 0.1) is 5.69 Å². The van der Waals surface area contributed by atoms with Crippen LogP contribution in [0.3, 0.4) is 0 Å². The molecule has 0 spiro atoms. The number of hydrogen-bond acceptors (Lipinski definition) is 1. The molecule has 0 unspecified atom stereocenters. The van der Waals surface area contributed by atoms with Crippen molar-refractivity contribution in [3.63, 3.8) is 0 Å². The predicted molar refractivity (Wildman–Crippen MR) is 120 cm³/mol. The van der Waals surface area contributed by atoms with Gasteiger partial charge in [0.15, 0.2) is 0 Å². The fourth-order valence-corrected chi connectivity index (χ4v) is 2.94. The van der Waals surface area contributed by atoms with Crippen molar-refractivity contribution in [3.05, 3.63) is 95.2 Å². The van der Waals surface area contributed by atoms with E-state index >= 15 is 0 Å². The van der Waals surface area contributed by atoms with Crippen molar-refractivity contribution >= 4 is 17.7 Å². The van der Waals surface area contributed by atoms with Crippen LogP contribution in [0.2, 0.25) is 0 Å². The van der Waals surface area contributed by atoms with Gasteiger partial charge in [-0.1, -0.05) is 86.7 Å². The van der Waals surface area contributed by atoms with Crippen molar-refractivity contribution in [3.8, 4) is 11.3 Å². The Kier molecular flexibility index (Phi) is 7.76. The minimum atomic E-state index is 1.02. The Bertz CT molecular complexity index is 918. The lowest BCUT2D eigenvalue weighted by Gasteiger charge is -2.09. The van der Waals surface area contributed by atoms with Crippen molar-refractivity contribution in [2.45, 2.75) is 34.6 Å². The van der Waals surface area contributed by atoms with Crippen LogP contribution in [0.25, 0.3) is 29.0 Å². The lowest BCUT2D eigenvalue weighted by molar-refractivity contribution is 1.20. The monoisotopic (exact) mass is 355 g/mol. The summed E-state index contributed by atoms with van der Waals surface area (Å²) >= 11 is 0. The first-order chi connectivity index (χ1) is 13.2. The van der Waals surface area contributed by atoms with Gasteiger partial charge in [-0.15, -0.1) is 0 Å². The van der Waals surface area contributed by atoms with E-state index in [2.05, 4.69) is 92.7 Å². The molecule has 2 aromatic carbocycles. The third kappa shape index (κ3) is 5.52. The van der Waals surface area contributed by atoms with E-state index in [9.17, 15) is 0 Å². The Morgan fingerprint density at radius 3 is 2.15 bits per heavy atom. The molecule has 1 heterocycles. The van der Waals surface area contributed by atoms with E-state index in [4.69, 9.17) is 4.98 Å². The lowest BCUT2D eigenvalue weighted by atomic mass is 9.99. The maximum absolute atomic E-state index is 4.70. The molecule has 1 heteroatoms. The van der Waals surface area contributed by atoms with E-state index in [1.807, 2.05) is 26.8 Å². The topological polar surface area (TPSA) is 12.9 Å². The molecule has 1 nitrogen and oxygen atoms in total. The smallest absolute Gasteiger partial charge is 0.0711 e. The molecule has 0 aliphatic carbocycles. The number of rotatable bonds is 4. The summed E-state index contributed by atoms with van der Waals surface area (Å²) in [6.07, 6.45) is 6.47. The highest BCUT2D eigenvalue weighted by Crippen LogP contribution is 2.25. The summed E-state index contributed by atoms with van der Waals surface area (Å²) < 4.78 is 0. The van der Waals surface area contributed by atoms with Crippen LogP contribution in [-0.4, -0.2) is 4.98 Å². The van der Waals surface area contributed by atoms with Crippen molar-refractivity contribution in [2.75, 3.05) is 0 Å². The second kappa shape index (κ2) is 10.3. The quantitative estimate of drug-likeness (QED) is 0.467. The number of allylic oxidation sites excluding steroid dienone is 2. The molecule has 0 atom stereocenters. The Morgan fingerprint density at radius 1 is 0.852 bits per heavy atom. The average Bonchev–Trinajstić information content (AvgIpc) is 2.71. The second-order valence-electron chi connectivity index (χ2n) is 6.20. The average molecular weight is 356 g/mol. The standard InChI is InChI=1S/C24H23N.C2H6/c1-4-10-20-11-8-9-14-22(20)15-18(2)23-16-19(3)25-24(17-23)21-12-6-5-7-13-21;1-2/h4-17H,1-3H3;1-2H3/b10-4-,18-15+;. The number of aryl methyl sites for hydroxylation is 1. The molecule has 3 rings (SSSR count). The molecule has 1 aromatic heterocycles. The molecule has 0 N–H and O–H groups in total. The van der Waals surface area contributed by atoms with Crippen LogP contribution >= 0.6 is 0 Å². The van der Waals surface area contributed by atoms with Crippen molar-refractivity contribution in [1.29, 1.82) is 0 Å². The Labute approximate surface area is 164 Å². The third-order valence-corrected chi connectivity index (χ3v) is 4.19. The van der Waals surface area contributed by atoms with Gasteiger partial charge in [0.2, 0.25) is 0 Å². The highest BCUT2D eigenvalue weighted by atomic mass is 14.7. The first-order valence-electron chi connectivity index (χ1n) is 9.62. The van der Waals surface area contributed by atoms with Crippen LogP contribution in [0.5, 0.6) is 0 Å². The van der Waals surface area contributed by atoms with Crippen LogP contribution in [-0.2, 0) is 0 Å². The largest absolute Gasteiger partial charge is 0.253 e. The fraction of sp³-hybridized carbons (Fsp3) is 0.192. The summed E-state index contributed by atoms with van der Waals surface area (Å²) in [7, 11) is 0. The number of benzene rings is 2. The van der Waals surface area contributed by atoms with Crippen LogP contribution in [0, 0.1) is 6.92 Å². The summed E-state index contributed by atoms with van der Waals surface area (Å²) in [4.78, 5) is 4.70. The molecule has 0 saturated heterocycles. The maximum atomic E-state index is 4.70. The van der Waals surface area contributed by atoms with Gasteiger partial charge < -0.3 is 0 Å². The summed E-state index contributed by atoms with van der Waals surface area (Å²) in [6.45, 7) is 10.3. The molecule has 0 aliphatic rings. The second-order valence-corrected chi connectivity index (χ2v) is 6.20. The minimum absolute atomic E-state index is 1.02. The molecule has 0 amide bonds. The summed E-state index contributed by atoms with van der Waals surface area (Å²) in [5, 5.41) is 0. The van der Waals surface area contributed by atoms with E-state index in [-0.39, 0.29) is 0 Å².